The average molecular weight is 785 g/mol. The summed E-state index contributed by atoms with van der Waals surface area (Å²) in [5.74, 6) is -2.41. The van der Waals surface area contributed by atoms with Crippen molar-refractivity contribution in [1.29, 1.82) is 0 Å². The first-order valence-electron chi connectivity index (χ1n) is 19.9. The summed E-state index contributed by atoms with van der Waals surface area (Å²) in [6.45, 7) is -0.0636. The van der Waals surface area contributed by atoms with Crippen LogP contribution in [0.2, 0.25) is 0 Å². The molecule has 8 rings (SSSR count). The molecular formula is C41H48N6O8S. The first-order valence-corrected chi connectivity index (χ1v) is 21.5. The van der Waals surface area contributed by atoms with E-state index in [0.29, 0.717) is 37.7 Å². The summed E-state index contributed by atoms with van der Waals surface area (Å²) < 4.78 is 34.9. The van der Waals surface area contributed by atoms with E-state index in [9.17, 15) is 32.4 Å². The minimum atomic E-state index is -3.91. The van der Waals surface area contributed by atoms with E-state index in [0.717, 1.165) is 54.9 Å². The molecule has 2 aliphatic heterocycles. The summed E-state index contributed by atoms with van der Waals surface area (Å²) >= 11 is 0. The van der Waals surface area contributed by atoms with Crippen molar-refractivity contribution in [2.75, 3.05) is 6.54 Å². The summed E-state index contributed by atoms with van der Waals surface area (Å²) in [6.07, 6.45) is 12.2. The van der Waals surface area contributed by atoms with Gasteiger partial charge in [-0.2, -0.15) is 5.10 Å². The molecule has 56 heavy (non-hydrogen) atoms. The van der Waals surface area contributed by atoms with Crippen LogP contribution in [0.15, 0.2) is 71.7 Å². The van der Waals surface area contributed by atoms with E-state index >= 15 is 0 Å². The fourth-order valence-corrected chi connectivity index (χ4v) is 9.97. The minimum Gasteiger partial charge on any atom is -0.446 e. The molecule has 3 saturated carbocycles. The Morgan fingerprint density at radius 3 is 2.48 bits per heavy atom. The lowest BCUT2D eigenvalue weighted by atomic mass is 10.00. The molecule has 1 saturated heterocycles. The van der Waals surface area contributed by atoms with Gasteiger partial charge in [0.25, 0.3) is 11.5 Å². The third-order valence-electron chi connectivity index (χ3n) is 12.0. The normalized spacial score (nSPS) is 28.0. The number of ether oxygens (including phenoxy) is 1. The van der Waals surface area contributed by atoms with Gasteiger partial charge >= 0.3 is 6.09 Å². The molecule has 2 aromatic carbocycles. The third kappa shape index (κ3) is 7.82. The number of nitrogens with one attached hydrogen (secondary N) is 3. The number of sulfonamides is 1. The highest BCUT2D eigenvalue weighted by Gasteiger charge is 2.62. The quantitative estimate of drug-likeness (QED) is 0.295. The van der Waals surface area contributed by atoms with Crippen molar-refractivity contribution in [2.24, 2.45) is 5.92 Å². The number of amides is 4. The largest absolute Gasteiger partial charge is 0.446 e. The smallest absolute Gasteiger partial charge is 0.408 e. The molecular weight excluding hydrogens is 737 g/mol. The minimum absolute atomic E-state index is 0.00406. The van der Waals surface area contributed by atoms with Gasteiger partial charge in [0.05, 0.1) is 17.5 Å². The second kappa shape index (κ2) is 15.5. The summed E-state index contributed by atoms with van der Waals surface area (Å²) in [5, 5.41) is 11.6. The lowest BCUT2D eigenvalue weighted by Crippen LogP contribution is -2.58. The Morgan fingerprint density at radius 1 is 0.929 bits per heavy atom. The maximum Gasteiger partial charge on any atom is 0.408 e. The summed E-state index contributed by atoms with van der Waals surface area (Å²) in [6, 6.07) is 12.3. The molecule has 4 fully saturated rings. The number of fused-ring (bicyclic) bond motifs is 3. The number of aromatic nitrogens is 2. The van der Waals surface area contributed by atoms with Crippen molar-refractivity contribution in [3.63, 3.8) is 0 Å². The van der Waals surface area contributed by atoms with E-state index in [1.807, 2.05) is 54.6 Å². The SMILES string of the molecule is O=C(N[C@H]1CCCCC/C=C\[C@@H]2CC2(C(=O)NS(=O)(=O)C2CC2)NC(=O)[C@@H]2CC(n3ncc(-c4cccc5ccccc45)cc3=O)CN2C1=O)OC1CCCC1. The first kappa shape index (κ1) is 37.9. The number of hydrogen-bond donors (Lipinski definition) is 3. The summed E-state index contributed by atoms with van der Waals surface area (Å²) in [4.78, 5) is 71.1. The molecule has 296 valence electrons. The maximum atomic E-state index is 14.6. The van der Waals surface area contributed by atoms with Gasteiger partial charge in [0, 0.05) is 30.5 Å². The van der Waals surface area contributed by atoms with Crippen LogP contribution in [0.4, 0.5) is 4.79 Å². The first-order chi connectivity index (χ1) is 27.0. The Balaban J connectivity index is 1.10. The zero-order valence-corrected chi connectivity index (χ0v) is 32.0. The maximum absolute atomic E-state index is 14.6. The molecule has 5 atom stereocenters. The van der Waals surface area contributed by atoms with Crippen molar-refractivity contribution in [1.82, 2.24) is 30.0 Å². The van der Waals surface area contributed by atoms with Crippen LogP contribution in [0.5, 0.6) is 0 Å². The highest BCUT2D eigenvalue weighted by molar-refractivity contribution is 7.91. The standard InChI is InChI=1S/C41H48N6O8S/c48-36-21-27(33-17-10-12-26-11-6-9-16-32(26)33)24-42-47(36)29-22-35-37(49)44-41(39(51)45-56(53,54)31-19-20-31)23-28(41)13-4-2-1-3-5-18-34(38(50)46(35)25-29)43-40(52)55-30-14-7-8-15-30/h4,6,9-13,16-17,21,24,28-31,34-35H,1-3,5,7-8,14-15,18-20,22-23,25H2,(H,43,52)(H,44,49)(H,45,51)/b13-4-/t28-,29?,34+,35+,41?/m1/s1. The van der Waals surface area contributed by atoms with Crippen LogP contribution >= 0.6 is 0 Å². The second-order valence-electron chi connectivity index (χ2n) is 16.0. The highest BCUT2D eigenvalue weighted by atomic mass is 32.2. The van der Waals surface area contributed by atoms with E-state index in [4.69, 9.17) is 4.74 Å². The van der Waals surface area contributed by atoms with Gasteiger partial charge in [-0.15, -0.1) is 0 Å². The van der Waals surface area contributed by atoms with Crippen LogP contribution in [-0.2, 0) is 29.1 Å². The number of allylic oxidation sites excluding steroid dienone is 1. The monoisotopic (exact) mass is 784 g/mol. The number of carbonyl (C=O) groups is 4. The highest BCUT2D eigenvalue weighted by Crippen LogP contribution is 2.46. The molecule has 3 N–H and O–H groups in total. The Labute approximate surface area is 325 Å². The lowest BCUT2D eigenvalue weighted by Gasteiger charge is -2.30. The van der Waals surface area contributed by atoms with Gasteiger partial charge in [0.1, 0.15) is 23.7 Å². The zero-order chi connectivity index (χ0) is 39.0. The van der Waals surface area contributed by atoms with Crippen molar-refractivity contribution in [2.45, 2.75) is 118 Å². The molecule has 3 aliphatic carbocycles. The van der Waals surface area contributed by atoms with E-state index < -0.39 is 74.2 Å². The van der Waals surface area contributed by atoms with E-state index in [1.165, 1.54) is 15.6 Å². The average Bonchev–Trinajstić information content (AvgIpc) is 4.05. The van der Waals surface area contributed by atoms with Crippen molar-refractivity contribution in [3.8, 4) is 11.1 Å². The molecule has 3 aromatic rings. The topological polar surface area (TPSA) is 186 Å². The molecule has 0 bridgehead atoms. The molecule has 15 heteroatoms. The predicted molar refractivity (Wildman–Crippen MR) is 208 cm³/mol. The predicted octanol–water partition coefficient (Wildman–Crippen LogP) is 4.25. The molecule has 3 heterocycles. The van der Waals surface area contributed by atoms with E-state index in [-0.39, 0.29) is 25.5 Å². The Morgan fingerprint density at radius 2 is 1.70 bits per heavy atom. The number of benzene rings is 2. The third-order valence-corrected chi connectivity index (χ3v) is 13.8. The molecule has 4 amide bonds. The van der Waals surface area contributed by atoms with Crippen molar-refractivity contribution < 1.29 is 32.3 Å². The fraction of sp³-hybridized carbons (Fsp3) is 0.512. The molecule has 0 radical (unpaired) electrons. The second-order valence-corrected chi connectivity index (χ2v) is 17.9. The van der Waals surface area contributed by atoms with E-state index in [2.05, 4.69) is 20.5 Å². The van der Waals surface area contributed by atoms with Gasteiger partial charge in [-0.3, -0.25) is 23.9 Å². The van der Waals surface area contributed by atoms with Gasteiger partial charge in [0.2, 0.25) is 21.8 Å². The van der Waals surface area contributed by atoms with Crippen LogP contribution in [0.3, 0.4) is 0 Å². The van der Waals surface area contributed by atoms with Gasteiger partial charge in [0.15, 0.2) is 0 Å². The zero-order valence-electron chi connectivity index (χ0n) is 31.2. The van der Waals surface area contributed by atoms with E-state index in [1.54, 1.807) is 6.20 Å². The summed E-state index contributed by atoms with van der Waals surface area (Å²) in [7, 11) is -3.91. The molecule has 14 nitrogen and oxygen atoms in total. The van der Waals surface area contributed by atoms with Crippen molar-refractivity contribution >= 4 is 44.6 Å². The van der Waals surface area contributed by atoms with Crippen LogP contribution in [0.1, 0.15) is 89.5 Å². The Bertz CT molecular complexity index is 2230. The molecule has 1 aromatic heterocycles. The number of rotatable bonds is 7. The van der Waals surface area contributed by atoms with Gasteiger partial charge in [-0.25, -0.2) is 17.9 Å². The summed E-state index contributed by atoms with van der Waals surface area (Å²) in [5.41, 5.74) is -0.483. The van der Waals surface area contributed by atoms with Crippen molar-refractivity contribution in [3.05, 3.63) is 77.2 Å². The number of alkyl carbamates (subject to hydrolysis) is 1. The number of nitrogens with zero attached hydrogens (tertiary/aromatic N) is 3. The molecule has 2 unspecified atom stereocenters. The fourth-order valence-electron chi connectivity index (χ4n) is 8.61. The van der Waals surface area contributed by atoms with Crippen LogP contribution in [-0.4, -0.2) is 82.4 Å². The Kier molecular flexibility index (Phi) is 10.5. The van der Waals surface area contributed by atoms with Gasteiger partial charge < -0.3 is 20.3 Å². The lowest BCUT2D eigenvalue weighted by molar-refractivity contribution is -0.141. The Hall–Kier alpha value is -5.05. The van der Waals surface area contributed by atoms with Gasteiger partial charge in [-0.1, -0.05) is 67.5 Å². The number of hydrogen-bond acceptors (Lipinski definition) is 9. The van der Waals surface area contributed by atoms with Crippen LogP contribution in [0.25, 0.3) is 21.9 Å². The van der Waals surface area contributed by atoms with Gasteiger partial charge in [-0.05, 0) is 80.5 Å². The van der Waals surface area contributed by atoms with Crippen LogP contribution in [0, 0.1) is 5.92 Å². The molecule has 5 aliphatic rings. The van der Waals surface area contributed by atoms with Crippen LogP contribution < -0.4 is 20.9 Å². The number of carbonyl (C=O) groups excluding carboxylic acids is 4. The molecule has 0 spiro atoms.